The second kappa shape index (κ2) is 9.92. The lowest BCUT2D eigenvalue weighted by molar-refractivity contribution is 0.0295. The van der Waals surface area contributed by atoms with Gasteiger partial charge in [0.05, 0.1) is 30.8 Å². The van der Waals surface area contributed by atoms with E-state index in [4.69, 9.17) is 9.72 Å². The number of hydrogen-bond acceptors (Lipinski definition) is 5. The average molecular weight is 420 g/mol. The van der Waals surface area contributed by atoms with E-state index in [2.05, 4.69) is 73.9 Å². The van der Waals surface area contributed by atoms with Gasteiger partial charge in [0, 0.05) is 58.9 Å². The maximum atomic E-state index is 5.46. The van der Waals surface area contributed by atoms with Crippen molar-refractivity contribution in [3.05, 3.63) is 66.0 Å². The van der Waals surface area contributed by atoms with Crippen LogP contribution in [0.4, 0.5) is 0 Å². The van der Waals surface area contributed by atoms with E-state index in [1.807, 2.05) is 0 Å². The molecule has 3 aromatic rings. The number of piperazine rings is 1. The zero-order chi connectivity index (χ0) is 20.9. The lowest BCUT2D eigenvalue weighted by atomic mass is 10.2. The summed E-state index contributed by atoms with van der Waals surface area (Å²) >= 11 is 0. The second-order valence-corrected chi connectivity index (χ2v) is 8.66. The zero-order valence-electron chi connectivity index (χ0n) is 18.3. The highest BCUT2D eigenvalue weighted by Crippen LogP contribution is 2.20. The van der Waals surface area contributed by atoms with E-state index >= 15 is 0 Å². The summed E-state index contributed by atoms with van der Waals surface area (Å²) in [5.41, 5.74) is 3.64. The van der Waals surface area contributed by atoms with E-state index in [0.29, 0.717) is 0 Å². The molecule has 2 aliphatic heterocycles. The van der Waals surface area contributed by atoms with Crippen molar-refractivity contribution in [2.45, 2.75) is 13.1 Å². The lowest BCUT2D eigenvalue weighted by Crippen LogP contribution is -2.49. The minimum Gasteiger partial charge on any atom is -0.379 e. The van der Waals surface area contributed by atoms with Crippen LogP contribution in [0.15, 0.2) is 54.6 Å². The molecular weight excluding hydrogens is 386 g/mol. The van der Waals surface area contributed by atoms with E-state index in [9.17, 15) is 0 Å². The number of hydrogen-bond donors (Lipinski definition) is 0. The minimum atomic E-state index is 0.871. The second-order valence-electron chi connectivity index (χ2n) is 8.66. The molecule has 2 aliphatic rings. The highest BCUT2D eigenvalue weighted by Gasteiger charge is 2.21. The van der Waals surface area contributed by atoms with Gasteiger partial charge in [-0.05, 0) is 17.7 Å². The molecule has 31 heavy (non-hydrogen) atoms. The van der Waals surface area contributed by atoms with Crippen LogP contribution < -0.4 is 0 Å². The van der Waals surface area contributed by atoms with Crippen molar-refractivity contribution >= 4 is 11.0 Å². The smallest absolute Gasteiger partial charge is 0.124 e. The molecule has 6 heteroatoms. The fourth-order valence-electron chi connectivity index (χ4n) is 4.67. The predicted molar refractivity (Wildman–Crippen MR) is 124 cm³/mol. The average Bonchev–Trinajstić information content (AvgIpc) is 3.17. The topological polar surface area (TPSA) is 36.8 Å². The molecule has 2 fully saturated rings. The van der Waals surface area contributed by atoms with Crippen LogP contribution in [0.3, 0.4) is 0 Å². The first kappa shape index (κ1) is 20.6. The van der Waals surface area contributed by atoms with Crippen LogP contribution in [0.5, 0.6) is 0 Å². The molecule has 2 aromatic carbocycles. The molecule has 0 atom stereocenters. The normalized spacial score (nSPS) is 19.2. The molecule has 3 heterocycles. The summed E-state index contributed by atoms with van der Waals surface area (Å²) < 4.78 is 7.86. The summed E-state index contributed by atoms with van der Waals surface area (Å²) in [6.45, 7) is 12.6. The van der Waals surface area contributed by atoms with Crippen LogP contribution in [0.2, 0.25) is 0 Å². The van der Waals surface area contributed by atoms with Crippen LogP contribution in [0.1, 0.15) is 11.4 Å². The Labute approximate surface area is 185 Å². The molecule has 0 saturated carbocycles. The number of imidazole rings is 1. The molecular formula is C25H33N5O. The maximum Gasteiger partial charge on any atom is 0.124 e. The predicted octanol–water partition coefficient (Wildman–Crippen LogP) is 2.53. The Morgan fingerprint density at radius 3 is 2.10 bits per heavy atom. The zero-order valence-corrected chi connectivity index (χ0v) is 18.3. The molecule has 1 aromatic heterocycles. The van der Waals surface area contributed by atoms with Crippen LogP contribution in [-0.2, 0) is 17.8 Å². The molecule has 0 amide bonds. The molecule has 164 valence electrons. The van der Waals surface area contributed by atoms with Gasteiger partial charge in [-0.15, -0.1) is 0 Å². The molecule has 5 rings (SSSR count). The monoisotopic (exact) mass is 419 g/mol. The summed E-state index contributed by atoms with van der Waals surface area (Å²) in [7, 11) is 0. The Hall–Kier alpha value is -2.25. The Balaban J connectivity index is 1.21. The van der Waals surface area contributed by atoms with Gasteiger partial charge in [0.1, 0.15) is 5.82 Å². The number of para-hydroxylation sites is 2. The van der Waals surface area contributed by atoms with Gasteiger partial charge in [0.2, 0.25) is 0 Å². The van der Waals surface area contributed by atoms with Crippen molar-refractivity contribution in [2.24, 2.45) is 0 Å². The quantitative estimate of drug-likeness (QED) is 0.588. The van der Waals surface area contributed by atoms with E-state index < -0.39 is 0 Å². The van der Waals surface area contributed by atoms with Gasteiger partial charge in [-0.2, -0.15) is 0 Å². The Morgan fingerprint density at radius 1 is 0.677 bits per heavy atom. The SMILES string of the molecule is c1ccc(Cn2c(CN3CCN(CCN4CCOCC4)CC3)nc3ccccc32)cc1. The van der Waals surface area contributed by atoms with Crippen molar-refractivity contribution in [3.63, 3.8) is 0 Å². The van der Waals surface area contributed by atoms with Crippen LogP contribution in [-0.4, -0.2) is 89.8 Å². The van der Waals surface area contributed by atoms with Crippen molar-refractivity contribution < 1.29 is 4.74 Å². The van der Waals surface area contributed by atoms with Gasteiger partial charge < -0.3 is 9.30 Å². The number of benzene rings is 2. The van der Waals surface area contributed by atoms with Crippen molar-refractivity contribution in [2.75, 3.05) is 65.6 Å². The fourth-order valence-corrected chi connectivity index (χ4v) is 4.67. The van der Waals surface area contributed by atoms with E-state index in [0.717, 1.165) is 77.6 Å². The van der Waals surface area contributed by atoms with Gasteiger partial charge in [0.15, 0.2) is 0 Å². The first-order valence-electron chi connectivity index (χ1n) is 11.6. The molecule has 0 spiro atoms. The van der Waals surface area contributed by atoms with Gasteiger partial charge >= 0.3 is 0 Å². The highest BCUT2D eigenvalue weighted by molar-refractivity contribution is 5.76. The van der Waals surface area contributed by atoms with Crippen molar-refractivity contribution in [1.29, 1.82) is 0 Å². The first-order valence-corrected chi connectivity index (χ1v) is 11.6. The summed E-state index contributed by atoms with van der Waals surface area (Å²) in [5, 5.41) is 0. The van der Waals surface area contributed by atoms with Crippen LogP contribution >= 0.6 is 0 Å². The third kappa shape index (κ3) is 5.15. The molecule has 6 nitrogen and oxygen atoms in total. The number of morpholine rings is 1. The summed E-state index contributed by atoms with van der Waals surface area (Å²) in [6, 6.07) is 19.2. The van der Waals surface area contributed by atoms with Crippen molar-refractivity contribution in [3.8, 4) is 0 Å². The van der Waals surface area contributed by atoms with Crippen molar-refractivity contribution in [1.82, 2.24) is 24.3 Å². The third-order valence-corrected chi connectivity index (χ3v) is 6.58. The number of ether oxygens (including phenoxy) is 1. The molecule has 0 aliphatic carbocycles. The van der Waals surface area contributed by atoms with E-state index in [-0.39, 0.29) is 0 Å². The lowest BCUT2D eigenvalue weighted by Gasteiger charge is -2.36. The van der Waals surface area contributed by atoms with Gasteiger partial charge in [-0.25, -0.2) is 4.98 Å². The van der Waals surface area contributed by atoms with Gasteiger partial charge in [-0.1, -0.05) is 42.5 Å². The molecule has 2 saturated heterocycles. The first-order chi connectivity index (χ1) is 15.3. The Kier molecular flexibility index (Phi) is 6.60. The van der Waals surface area contributed by atoms with E-state index in [1.165, 1.54) is 23.4 Å². The number of nitrogens with zero attached hydrogens (tertiary/aromatic N) is 5. The minimum absolute atomic E-state index is 0.871. The van der Waals surface area contributed by atoms with Crippen LogP contribution in [0, 0.1) is 0 Å². The largest absolute Gasteiger partial charge is 0.379 e. The molecule has 0 N–H and O–H groups in total. The summed E-state index contributed by atoms with van der Waals surface area (Å²) in [4.78, 5) is 12.7. The Morgan fingerprint density at radius 2 is 1.32 bits per heavy atom. The fraction of sp³-hybridized carbons (Fsp3) is 0.480. The van der Waals surface area contributed by atoms with Gasteiger partial charge in [-0.3, -0.25) is 14.7 Å². The number of aromatic nitrogens is 2. The summed E-state index contributed by atoms with van der Waals surface area (Å²) in [6.07, 6.45) is 0. The standard InChI is InChI=1S/C25H33N5O/c1-2-6-22(7-3-1)20-30-24-9-5-4-8-23(24)26-25(30)21-29-14-12-27(13-15-29)10-11-28-16-18-31-19-17-28/h1-9H,10-21H2. The van der Waals surface area contributed by atoms with E-state index in [1.54, 1.807) is 0 Å². The molecule has 0 unspecified atom stereocenters. The maximum absolute atomic E-state index is 5.46. The molecule has 0 bridgehead atoms. The molecule has 0 radical (unpaired) electrons. The summed E-state index contributed by atoms with van der Waals surface area (Å²) in [5.74, 6) is 1.17. The van der Waals surface area contributed by atoms with Crippen LogP contribution in [0.25, 0.3) is 11.0 Å². The third-order valence-electron chi connectivity index (χ3n) is 6.58. The van der Waals surface area contributed by atoms with Gasteiger partial charge in [0.25, 0.3) is 0 Å². The number of rotatable bonds is 7. The highest BCUT2D eigenvalue weighted by atomic mass is 16.5. The number of fused-ring (bicyclic) bond motifs is 1. The Bertz CT molecular complexity index is 958.